The summed E-state index contributed by atoms with van der Waals surface area (Å²) in [7, 11) is 0. The Morgan fingerprint density at radius 1 is 1.39 bits per heavy atom. The van der Waals surface area contributed by atoms with Crippen LogP contribution in [-0.2, 0) is 0 Å². The fourth-order valence-corrected chi connectivity index (χ4v) is 2.66. The van der Waals surface area contributed by atoms with E-state index in [4.69, 9.17) is 0 Å². The summed E-state index contributed by atoms with van der Waals surface area (Å²) in [5.41, 5.74) is 0.0489. The minimum Gasteiger partial charge on any atom is -0.345 e. The lowest BCUT2D eigenvalue weighted by Crippen LogP contribution is -2.27. The van der Waals surface area contributed by atoms with Crippen LogP contribution in [-0.4, -0.2) is 5.91 Å². The molecule has 18 heavy (non-hydrogen) atoms. The highest BCUT2D eigenvalue weighted by molar-refractivity contribution is 9.10. The minimum absolute atomic E-state index is 0.0489. The molecule has 1 amide bonds. The maximum Gasteiger partial charge on any atom is 0.254 e. The Morgan fingerprint density at radius 2 is 2.17 bits per heavy atom. The van der Waals surface area contributed by atoms with Gasteiger partial charge in [-0.15, -0.1) is 11.3 Å². The van der Waals surface area contributed by atoms with E-state index in [1.807, 2.05) is 24.4 Å². The average molecular weight is 328 g/mol. The lowest BCUT2D eigenvalue weighted by molar-refractivity contribution is 0.0936. The number of thiophene rings is 1. The molecule has 1 heterocycles. The van der Waals surface area contributed by atoms with Crippen molar-refractivity contribution in [1.82, 2.24) is 5.32 Å². The van der Waals surface area contributed by atoms with Crippen molar-refractivity contribution in [2.45, 2.75) is 13.0 Å². The highest BCUT2D eigenvalue weighted by atomic mass is 79.9. The highest BCUT2D eigenvalue weighted by Crippen LogP contribution is 2.21. The molecule has 1 unspecified atom stereocenters. The van der Waals surface area contributed by atoms with Gasteiger partial charge >= 0.3 is 0 Å². The third-order valence-corrected chi connectivity index (χ3v) is 4.18. The minimum atomic E-state index is -0.534. The van der Waals surface area contributed by atoms with Crippen molar-refractivity contribution < 1.29 is 9.18 Å². The number of nitrogens with one attached hydrogen (secondary N) is 1. The van der Waals surface area contributed by atoms with E-state index in [1.54, 1.807) is 23.5 Å². The van der Waals surface area contributed by atoms with Crippen LogP contribution < -0.4 is 5.32 Å². The molecular weight excluding hydrogens is 317 g/mol. The average Bonchev–Trinajstić information content (AvgIpc) is 2.86. The number of carbonyl (C=O) groups is 1. The molecule has 94 valence electrons. The molecule has 1 aromatic carbocycles. The van der Waals surface area contributed by atoms with Crippen LogP contribution in [0.5, 0.6) is 0 Å². The molecule has 1 N–H and O–H groups in total. The van der Waals surface area contributed by atoms with Gasteiger partial charge in [0.2, 0.25) is 0 Å². The van der Waals surface area contributed by atoms with Crippen LogP contribution in [0.4, 0.5) is 4.39 Å². The molecule has 0 radical (unpaired) electrons. The summed E-state index contributed by atoms with van der Waals surface area (Å²) >= 11 is 4.62. The largest absolute Gasteiger partial charge is 0.345 e. The second-order valence-electron chi connectivity index (χ2n) is 3.81. The normalized spacial score (nSPS) is 12.2. The lowest BCUT2D eigenvalue weighted by Gasteiger charge is -2.12. The predicted molar refractivity (Wildman–Crippen MR) is 74.3 cm³/mol. The number of carbonyl (C=O) groups excluding carboxylic acids is 1. The van der Waals surface area contributed by atoms with Crippen molar-refractivity contribution in [3.05, 3.63) is 56.4 Å². The number of hydrogen-bond donors (Lipinski definition) is 1. The van der Waals surface area contributed by atoms with E-state index in [-0.39, 0.29) is 11.6 Å². The SMILES string of the molecule is CC(NC(=O)c1cccc(Br)c1F)c1cccs1. The molecule has 0 aliphatic carbocycles. The third kappa shape index (κ3) is 2.79. The molecule has 0 bridgehead atoms. The Hall–Kier alpha value is -1.20. The molecule has 0 aliphatic heterocycles. The van der Waals surface area contributed by atoms with Gasteiger partial charge in [0.15, 0.2) is 0 Å². The number of hydrogen-bond acceptors (Lipinski definition) is 2. The maximum absolute atomic E-state index is 13.7. The molecule has 0 aliphatic rings. The first-order chi connectivity index (χ1) is 8.59. The predicted octanol–water partition coefficient (Wildman–Crippen LogP) is 4.14. The summed E-state index contributed by atoms with van der Waals surface area (Å²) in [5.74, 6) is -0.942. The molecule has 2 rings (SSSR count). The van der Waals surface area contributed by atoms with Crippen LogP contribution in [0.25, 0.3) is 0 Å². The van der Waals surface area contributed by atoms with Gasteiger partial charge in [-0.3, -0.25) is 4.79 Å². The number of rotatable bonds is 3. The topological polar surface area (TPSA) is 29.1 Å². The molecule has 0 fully saturated rings. The summed E-state index contributed by atoms with van der Waals surface area (Å²) in [6, 6.07) is 8.40. The Kier molecular flexibility index (Phi) is 4.14. The van der Waals surface area contributed by atoms with Gasteiger partial charge in [0, 0.05) is 4.88 Å². The van der Waals surface area contributed by atoms with E-state index in [0.29, 0.717) is 4.47 Å². The van der Waals surface area contributed by atoms with Gasteiger partial charge in [-0.05, 0) is 46.4 Å². The first-order valence-electron chi connectivity index (χ1n) is 5.38. The number of amides is 1. The summed E-state index contributed by atoms with van der Waals surface area (Å²) in [5, 5.41) is 4.72. The van der Waals surface area contributed by atoms with Crippen molar-refractivity contribution in [3.63, 3.8) is 0 Å². The summed E-state index contributed by atoms with van der Waals surface area (Å²) in [6.45, 7) is 1.87. The smallest absolute Gasteiger partial charge is 0.254 e. The lowest BCUT2D eigenvalue weighted by atomic mass is 10.2. The molecule has 2 aromatic rings. The van der Waals surface area contributed by atoms with Crippen LogP contribution in [0.2, 0.25) is 0 Å². The summed E-state index contributed by atoms with van der Waals surface area (Å²) < 4.78 is 14.0. The van der Waals surface area contributed by atoms with Gasteiger partial charge in [0.05, 0.1) is 16.1 Å². The van der Waals surface area contributed by atoms with Crippen LogP contribution in [0.3, 0.4) is 0 Å². The van der Waals surface area contributed by atoms with E-state index in [2.05, 4.69) is 21.2 Å². The highest BCUT2D eigenvalue weighted by Gasteiger charge is 2.16. The zero-order valence-electron chi connectivity index (χ0n) is 9.61. The molecule has 2 nitrogen and oxygen atoms in total. The van der Waals surface area contributed by atoms with Crippen LogP contribution in [0, 0.1) is 5.82 Å². The van der Waals surface area contributed by atoms with Crippen LogP contribution >= 0.6 is 27.3 Å². The molecule has 1 atom stereocenters. The van der Waals surface area contributed by atoms with Crippen molar-refractivity contribution in [3.8, 4) is 0 Å². The summed E-state index contributed by atoms with van der Waals surface area (Å²) in [4.78, 5) is 13.0. The first kappa shape index (κ1) is 13.2. The van der Waals surface area contributed by atoms with E-state index in [1.165, 1.54) is 6.07 Å². The van der Waals surface area contributed by atoms with Gasteiger partial charge in [-0.1, -0.05) is 12.1 Å². The van der Waals surface area contributed by atoms with E-state index in [0.717, 1.165) is 4.88 Å². The first-order valence-corrected chi connectivity index (χ1v) is 7.05. The van der Waals surface area contributed by atoms with Gasteiger partial charge in [-0.25, -0.2) is 4.39 Å². The number of halogens is 2. The third-order valence-electron chi connectivity index (χ3n) is 2.51. The molecule has 1 aromatic heterocycles. The van der Waals surface area contributed by atoms with Crippen molar-refractivity contribution in [2.75, 3.05) is 0 Å². The zero-order valence-corrected chi connectivity index (χ0v) is 12.0. The molecular formula is C13H11BrFNOS. The van der Waals surface area contributed by atoms with E-state index < -0.39 is 11.7 Å². The van der Waals surface area contributed by atoms with Crippen molar-refractivity contribution in [2.24, 2.45) is 0 Å². The fraction of sp³-hybridized carbons (Fsp3) is 0.154. The van der Waals surface area contributed by atoms with Gasteiger partial charge in [0.25, 0.3) is 5.91 Å². The molecule has 0 saturated carbocycles. The Balaban J connectivity index is 2.15. The van der Waals surface area contributed by atoms with E-state index >= 15 is 0 Å². The molecule has 0 saturated heterocycles. The monoisotopic (exact) mass is 327 g/mol. The Labute approximate surface area is 117 Å². The van der Waals surface area contributed by atoms with Gasteiger partial charge < -0.3 is 5.32 Å². The standard InChI is InChI=1S/C13H11BrFNOS/c1-8(11-6-3-7-18-11)16-13(17)9-4-2-5-10(14)12(9)15/h2-8H,1H3,(H,16,17). The van der Waals surface area contributed by atoms with E-state index in [9.17, 15) is 9.18 Å². The second-order valence-corrected chi connectivity index (χ2v) is 5.65. The van der Waals surface area contributed by atoms with Gasteiger partial charge in [-0.2, -0.15) is 0 Å². The Morgan fingerprint density at radius 3 is 2.83 bits per heavy atom. The molecule has 0 spiro atoms. The van der Waals surface area contributed by atoms with Gasteiger partial charge in [0.1, 0.15) is 5.82 Å². The second kappa shape index (κ2) is 5.63. The van der Waals surface area contributed by atoms with Crippen LogP contribution in [0.1, 0.15) is 28.2 Å². The number of benzene rings is 1. The summed E-state index contributed by atoms with van der Waals surface area (Å²) in [6.07, 6.45) is 0. The van der Waals surface area contributed by atoms with Crippen LogP contribution in [0.15, 0.2) is 40.2 Å². The zero-order chi connectivity index (χ0) is 13.1. The van der Waals surface area contributed by atoms with Crippen molar-refractivity contribution in [1.29, 1.82) is 0 Å². The quantitative estimate of drug-likeness (QED) is 0.901. The fourth-order valence-electron chi connectivity index (χ4n) is 1.56. The molecule has 5 heteroatoms. The maximum atomic E-state index is 13.7. The van der Waals surface area contributed by atoms with Crippen molar-refractivity contribution >= 4 is 33.2 Å². The Bertz CT molecular complexity index is 556.